The number of carbonyl (C=O) groups is 1. The minimum Gasteiger partial charge on any atom is -0.481 e. The van der Waals surface area contributed by atoms with Crippen molar-refractivity contribution in [3.8, 4) is 11.6 Å². The van der Waals surface area contributed by atoms with Gasteiger partial charge in [0.2, 0.25) is 11.8 Å². The van der Waals surface area contributed by atoms with Gasteiger partial charge in [0.25, 0.3) is 0 Å². The van der Waals surface area contributed by atoms with Gasteiger partial charge in [-0.2, -0.15) is 10.1 Å². The molecule has 0 fully saturated rings. The van der Waals surface area contributed by atoms with Gasteiger partial charge in [-0.1, -0.05) is 48.5 Å². The van der Waals surface area contributed by atoms with Crippen LogP contribution < -0.4 is 10.1 Å². The number of pyridine rings is 1. The number of hydrogen-bond acceptors (Lipinski definition) is 4. The molecule has 0 aliphatic heterocycles. The molecule has 0 bridgehead atoms. The molecule has 6 nitrogen and oxygen atoms in total. The first kappa shape index (κ1) is 20.6. The third-order valence-corrected chi connectivity index (χ3v) is 5.46. The van der Waals surface area contributed by atoms with Crippen molar-refractivity contribution in [3.63, 3.8) is 0 Å². The number of rotatable bonds is 7. The van der Waals surface area contributed by atoms with Crippen LogP contribution in [-0.4, -0.2) is 27.8 Å². The Labute approximate surface area is 181 Å². The van der Waals surface area contributed by atoms with Crippen LogP contribution in [0.1, 0.15) is 28.8 Å². The van der Waals surface area contributed by atoms with E-state index in [1.54, 1.807) is 7.11 Å². The summed E-state index contributed by atoms with van der Waals surface area (Å²) in [6.45, 7) is 4.56. The fourth-order valence-corrected chi connectivity index (χ4v) is 3.87. The molecule has 31 heavy (non-hydrogen) atoms. The zero-order valence-corrected chi connectivity index (χ0v) is 18.1. The molecule has 4 rings (SSSR count). The Balaban J connectivity index is 1.59. The van der Waals surface area contributed by atoms with E-state index in [1.807, 2.05) is 79.2 Å². The largest absolute Gasteiger partial charge is 0.481 e. The third-order valence-electron chi connectivity index (χ3n) is 5.46. The van der Waals surface area contributed by atoms with Crippen molar-refractivity contribution < 1.29 is 9.53 Å². The summed E-state index contributed by atoms with van der Waals surface area (Å²) in [6, 6.07) is 19.8. The Hall–Kier alpha value is -3.67. The van der Waals surface area contributed by atoms with E-state index in [9.17, 15) is 4.79 Å². The Morgan fingerprint density at radius 1 is 1.03 bits per heavy atom. The van der Waals surface area contributed by atoms with Crippen molar-refractivity contribution in [2.75, 3.05) is 7.11 Å². The molecule has 6 heteroatoms. The Morgan fingerprint density at radius 3 is 2.39 bits per heavy atom. The van der Waals surface area contributed by atoms with Crippen molar-refractivity contribution in [3.05, 3.63) is 83.0 Å². The lowest BCUT2D eigenvalue weighted by Gasteiger charge is -2.13. The second kappa shape index (κ2) is 9.00. The number of aryl methyl sites for hydroxylation is 2. The summed E-state index contributed by atoms with van der Waals surface area (Å²) in [5.74, 6) is 0.542. The molecule has 2 aromatic carbocycles. The first-order chi connectivity index (χ1) is 15.1. The monoisotopic (exact) mass is 414 g/mol. The predicted octanol–water partition coefficient (Wildman–Crippen LogP) is 4.29. The summed E-state index contributed by atoms with van der Waals surface area (Å²) in [5.41, 5.74) is 5.69. The fourth-order valence-electron chi connectivity index (χ4n) is 3.87. The molecule has 0 radical (unpaired) electrons. The topological polar surface area (TPSA) is 69.0 Å². The first-order valence-corrected chi connectivity index (χ1v) is 10.4. The lowest BCUT2D eigenvalue weighted by molar-refractivity contribution is -0.121. The number of para-hydroxylation sites is 1. The smallest absolute Gasteiger partial charge is 0.220 e. The van der Waals surface area contributed by atoms with Gasteiger partial charge in [0.05, 0.1) is 18.5 Å². The highest BCUT2D eigenvalue weighted by Crippen LogP contribution is 2.31. The van der Waals surface area contributed by atoms with Crippen molar-refractivity contribution in [1.82, 2.24) is 20.1 Å². The number of carbonyl (C=O) groups excluding carboxylic acids is 1. The van der Waals surface area contributed by atoms with Gasteiger partial charge in [-0.05, 0) is 43.5 Å². The van der Waals surface area contributed by atoms with Crippen LogP contribution in [0.3, 0.4) is 0 Å². The molecule has 0 saturated heterocycles. The summed E-state index contributed by atoms with van der Waals surface area (Å²) in [6.07, 6.45) is 0.914. The molecule has 0 unspecified atom stereocenters. The highest BCUT2D eigenvalue weighted by molar-refractivity contribution is 5.86. The Bertz CT molecular complexity index is 1200. The van der Waals surface area contributed by atoms with Gasteiger partial charge in [0.15, 0.2) is 5.65 Å². The SMILES string of the molecule is COc1nc2c(c(C)nn2-c2ccccc2)c(C)c1CCC(=O)NCc1ccccc1. The number of fused-ring (bicyclic) bond motifs is 1. The number of nitrogens with one attached hydrogen (secondary N) is 1. The van der Waals surface area contributed by atoms with Gasteiger partial charge in [-0.3, -0.25) is 4.79 Å². The Morgan fingerprint density at radius 2 is 1.71 bits per heavy atom. The van der Waals surface area contributed by atoms with E-state index in [4.69, 9.17) is 14.8 Å². The summed E-state index contributed by atoms with van der Waals surface area (Å²) >= 11 is 0. The molecule has 1 N–H and O–H groups in total. The predicted molar refractivity (Wildman–Crippen MR) is 122 cm³/mol. The maximum absolute atomic E-state index is 12.4. The number of methoxy groups -OCH3 is 1. The van der Waals surface area contributed by atoms with Crippen LogP contribution >= 0.6 is 0 Å². The second-order valence-corrected chi connectivity index (χ2v) is 7.52. The second-order valence-electron chi connectivity index (χ2n) is 7.52. The molecule has 1 amide bonds. The molecule has 0 atom stereocenters. The van der Waals surface area contributed by atoms with Crippen LogP contribution in [-0.2, 0) is 17.8 Å². The van der Waals surface area contributed by atoms with Crippen molar-refractivity contribution in [2.45, 2.75) is 33.2 Å². The summed E-state index contributed by atoms with van der Waals surface area (Å²) in [7, 11) is 1.61. The van der Waals surface area contributed by atoms with Crippen molar-refractivity contribution in [1.29, 1.82) is 0 Å². The van der Waals surface area contributed by atoms with E-state index < -0.39 is 0 Å². The number of aromatic nitrogens is 3. The van der Waals surface area contributed by atoms with Crippen molar-refractivity contribution >= 4 is 16.9 Å². The maximum atomic E-state index is 12.4. The third kappa shape index (κ3) is 4.28. The van der Waals surface area contributed by atoms with E-state index in [0.717, 1.165) is 39.1 Å². The van der Waals surface area contributed by atoms with Gasteiger partial charge in [-0.15, -0.1) is 0 Å². The van der Waals surface area contributed by atoms with Crippen LogP contribution in [0, 0.1) is 13.8 Å². The van der Waals surface area contributed by atoms with Gasteiger partial charge in [0, 0.05) is 23.9 Å². The Kier molecular flexibility index (Phi) is 5.98. The minimum absolute atomic E-state index is 0.00195. The van der Waals surface area contributed by atoms with Crippen LogP contribution in [0.2, 0.25) is 0 Å². The lowest BCUT2D eigenvalue weighted by Crippen LogP contribution is -2.23. The number of benzene rings is 2. The zero-order valence-electron chi connectivity index (χ0n) is 18.1. The highest BCUT2D eigenvalue weighted by atomic mass is 16.5. The van der Waals surface area contributed by atoms with E-state index in [0.29, 0.717) is 25.3 Å². The van der Waals surface area contributed by atoms with Crippen LogP contribution in [0.15, 0.2) is 60.7 Å². The molecular formula is C25H26N4O2. The average molecular weight is 415 g/mol. The molecule has 2 heterocycles. The number of ether oxygens (including phenoxy) is 1. The molecule has 0 aliphatic carbocycles. The molecule has 4 aromatic rings. The van der Waals surface area contributed by atoms with Gasteiger partial charge in [-0.25, -0.2) is 4.68 Å². The summed E-state index contributed by atoms with van der Waals surface area (Å²) < 4.78 is 7.46. The number of nitrogens with zero attached hydrogens (tertiary/aromatic N) is 3. The van der Waals surface area contributed by atoms with E-state index in [-0.39, 0.29) is 5.91 Å². The van der Waals surface area contributed by atoms with Crippen LogP contribution in [0.4, 0.5) is 0 Å². The van der Waals surface area contributed by atoms with Crippen molar-refractivity contribution in [2.24, 2.45) is 0 Å². The summed E-state index contributed by atoms with van der Waals surface area (Å²) in [4.78, 5) is 17.2. The van der Waals surface area contributed by atoms with Crippen LogP contribution in [0.5, 0.6) is 5.88 Å². The molecule has 2 aromatic heterocycles. The quantitative estimate of drug-likeness (QED) is 0.490. The molecule has 0 aliphatic rings. The molecule has 0 spiro atoms. The standard InChI is InChI=1S/C25H26N4O2/c1-17-21(14-15-22(30)26-16-19-10-6-4-7-11-19)25(31-3)27-24-23(17)18(2)28-29(24)20-12-8-5-9-13-20/h4-13H,14-16H2,1-3H3,(H,26,30). The van der Waals surface area contributed by atoms with E-state index in [2.05, 4.69) is 5.32 Å². The van der Waals surface area contributed by atoms with Gasteiger partial charge >= 0.3 is 0 Å². The minimum atomic E-state index is 0.00195. The van der Waals surface area contributed by atoms with E-state index >= 15 is 0 Å². The normalized spacial score (nSPS) is 10.9. The number of amides is 1. The first-order valence-electron chi connectivity index (χ1n) is 10.4. The lowest BCUT2D eigenvalue weighted by atomic mass is 10.0. The average Bonchev–Trinajstić information content (AvgIpc) is 3.14. The molecular weight excluding hydrogens is 388 g/mol. The van der Waals surface area contributed by atoms with Gasteiger partial charge < -0.3 is 10.1 Å². The number of hydrogen-bond donors (Lipinski definition) is 1. The summed E-state index contributed by atoms with van der Waals surface area (Å²) in [5, 5.41) is 8.70. The van der Waals surface area contributed by atoms with Gasteiger partial charge in [0.1, 0.15) is 0 Å². The molecule has 0 saturated carbocycles. The highest BCUT2D eigenvalue weighted by Gasteiger charge is 2.20. The molecule has 158 valence electrons. The maximum Gasteiger partial charge on any atom is 0.220 e. The fraction of sp³-hybridized carbons (Fsp3) is 0.240. The van der Waals surface area contributed by atoms with Crippen LogP contribution in [0.25, 0.3) is 16.7 Å². The zero-order chi connectivity index (χ0) is 21.8. The van der Waals surface area contributed by atoms with E-state index in [1.165, 1.54) is 0 Å².